The third-order valence-corrected chi connectivity index (χ3v) is 5.16. The Balaban J connectivity index is 1.80. The minimum Gasteiger partial charge on any atom is -0.493 e. The highest BCUT2D eigenvalue weighted by atomic mass is 16.5. The van der Waals surface area contributed by atoms with Crippen molar-refractivity contribution in [2.24, 2.45) is 0 Å². The Bertz CT molecular complexity index is 1090. The van der Waals surface area contributed by atoms with Gasteiger partial charge in [-0.3, -0.25) is 4.79 Å². The van der Waals surface area contributed by atoms with Crippen LogP contribution in [0.2, 0.25) is 0 Å². The first-order chi connectivity index (χ1) is 15.5. The standard InChI is InChI=1S/C25H28N2O5/c1-5-32-25(29)20-16-21(18-9-7-6-8-10-18)27(17(20)2)14-13-24(28)26-19-11-12-22(30-3)23(15-19)31-4/h6-12,15-16H,5,13-14H2,1-4H3,(H,26,28). The first-order valence-corrected chi connectivity index (χ1v) is 10.4. The third kappa shape index (κ3) is 5.11. The van der Waals surface area contributed by atoms with Crippen LogP contribution in [0.25, 0.3) is 11.3 Å². The Hall–Kier alpha value is -3.74. The molecule has 0 bridgehead atoms. The minimum atomic E-state index is -0.365. The van der Waals surface area contributed by atoms with Crippen LogP contribution in [0.3, 0.4) is 0 Å². The number of amides is 1. The van der Waals surface area contributed by atoms with E-state index >= 15 is 0 Å². The Kier molecular flexibility index (Phi) is 7.54. The maximum absolute atomic E-state index is 12.7. The van der Waals surface area contributed by atoms with Crippen LogP contribution in [-0.4, -0.2) is 37.3 Å². The number of anilines is 1. The number of hydrogen-bond acceptors (Lipinski definition) is 5. The van der Waals surface area contributed by atoms with Gasteiger partial charge in [-0.15, -0.1) is 0 Å². The molecule has 1 N–H and O–H groups in total. The van der Waals surface area contributed by atoms with Gasteiger partial charge in [0.25, 0.3) is 0 Å². The number of benzene rings is 2. The predicted octanol–water partition coefficient (Wildman–Crippen LogP) is 4.69. The second-order valence-electron chi connectivity index (χ2n) is 7.13. The molecule has 0 saturated heterocycles. The lowest BCUT2D eigenvalue weighted by molar-refractivity contribution is -0.116. The molecule has 0 aliphatic rings. The van der Waals surface area contributed by atoms with Crippen LogP contribution >= 0.6 is 0 Å². The van der Waals surface area contributed by atoms with Gasteiger partial charge in [0.05, 0.1) is 26.4 Å². The fourth-order valence-corrected chi connectivity index (χ4v) is 3.55. The van der Waals surface area contributed by atoms with E-state index < -0.39 is 0 Å². The molecule has 0 radical (unpaired) electrons. The molecule has 168 valence electrons. The number of methoxy groups -OCH3 is 2. The molecule has 0 fully saturated rings. The monoisotopic (exact) mass is 436 g/mol. The summed E-state index contributed by atoms with van der Waals surface area (Å²) in [7, 11) is 3.11. The van der Waals surface area contributed by atoms with Crippen LogP contribution in [0.4, 0.5) is 5.69 Å². The summed E-state index contributed by atoms with van der Waals surface area (Å²) in [6, 6.07) is 16.8. The highest BCUT2D eigenvalue weighted by Crippen LogP contribution is 2.30. The normalized spacial score (nSPS) is 10.5. The maximum Gasteiger partial charge on any atom is 0.339 e. The number of esters is 1. The molecule has 0 atom stereocenters. The molecule has 0 saturated carbocycles. The molecule has 0 aliphatic carbocycles. The second-order valence-corrected chi connectivity index (χ2v) is 7.13. The van der Waals surface area contributed by atoms with Crippen molar-refractivity contribution in [3.8, 4) is 22.8 Å². The van der Waals surface area contributed by atoms with Crippen molar-refractivity contribution in [3.63, 3.8) is 0 Å². The smallest absolute Gasteiger partial charge is 0.339 e. The third-order valence-electron chi connectivity index (χ3n) is 5.16. The molecule has 0 unspecified atom stereocenters. The molecule has 3 aromatic rings. The Morgan fingerprint density at radius 1 is 0.969 bits per heavy atom. The zero-order valence-electron chi connectivity index (χ0n) is 18.8. The van der Waals surface area contributed by atoms with Gasteiger partial charge in [0.2, 0.25) is 5.91 Å². The average molecular weight is 437 g/mol. The van der Waals surface area contributed by atoms with Gasteiger partial charge in [0.1, 0.15) is 0 Å². The van der Waals surface area contributed by atoms with Gasteiger partial charge in [0.15, 0.2) is 11.5 Å². The SMILES string of the molecule is CCOC(=O)c1cc(-c2ccccc2)n(CCC(=O)Nc2ccc(OC)c(OC)c2)c1C. The number of nitrogens with one attached hydrogen (secondary N) is 1. The summed E-state index contributed by atoms with van der Waals surface area (Å²) in [4.78, 5) is 25.1. The maximum atomic E-state index is 12.7. The Labute approximate surface area is 187 Å². The van der Waals surface area contributed by atoms with E-state index in [1.165, 1.54) is 0 Å². The lowest BCUT2D eigenvalue weighted by Gasteiger charge is -2.13. The van der Waals surface area contributed by atoms with Crippen molar-refractivity contribution in [1.29, 1.82) is 0 Å². The first kappa shape index (κ1) is 22.9. The van der Waals surface area contributed by atoms with Crippen LogP contribution in [0.1, 0.15) is 29.4 Å². The van der Waals surface area contributed by atoms with Crippen molar-refractivity contribution in [1.82, 2.24) is 4.57 Å². The van der Waals surface area contributed by atoms with Crippen molar-refractivity contribution < 1.29 is 23.8 Å². The van der Waals surface area contributed by atoms with Crippen molar-refractivity contribution in [3.05, 3.63) is 65.9 Å². The molecule has 1 aromatic heterocycles. The molecule has 0 spiro atoms. The number of nitrogens with zero attached hydrogens (tertiary/aromatic N) is 1. The van der Waals surface area contributed by atoms with Crippen LogP contribution < -0.4 is 14.8 Å². The summed E-state index contributed by atoms with van der Waals surface area (Å²) in [5.74, 6) is 0.613. The zero-order chi connectivity index (χ0) is 23.1. The fourth-order valence-electron chi connectivity index (χ4n) is 3.55. The van der Waals surface area contributed by atoms with E-state index in [0.717, 1.165) is 17.0 Å². The van der Waals surface area contributed by atoms with Gasteiger partial charge >= 0.3 is 5.97 Å². The summed E-state index contributed by atoms with van der Waals surface area (Å²) in [5, 5.41) is 2.89. The van der Waals surface area contributed by atoms with Crippen LogP contribution in [-0.2, 0) is 16.1 Å². The average Bonchev–Trinajstić information content (AvgIpc) is 3.14. The van der Waals surface area contributed by atoms with Gasteiger partial charge in [0, 0.05) is 36.1 Å². The predicted molar refractivity (Wildman–Crippen MR) is 123 cm³/mol. The lowest BCUT2D eigenvalue weighted by Crippen LogP contribution is -2.16. The van der Waals surface area contributed by atoms with Gasteiger partial charge < -0.3 is 24.1 Å². The zero-order valence-corrected chi connectivity index (χ0v) is 18.8. The molecule has 2 aromatic carbocycles. The number of aromatic nitrogens is 1. The van der Waals surface area contributed by atoms with Crippen molar-refractivity contribution >= 4 is 17.6 Å². The summed E-state index contributed by atoms with van der Waals surface area (Å²) >= 11 is 0. The lowest BCUT2D eigenvalue weighted by atomic mass is 10.1. The molecule has 7 nitrogen and oxygen atoms in total. The van der Waals surface area contributed by atoms with E-state index in [0.29, 0.717) is 35.9 Å². The first-order valence-electron chi connectivity index (χ1n) is 10.4. The van der Waals surface area contributed by atoms with Crippen molar-refractivity contribution in [2.45, 2.75) is 26.8 Å². The minimum absolute atomic E-state index is 0.151. The molecule has 0 aliphatic heterocycles. The Morgan fingerprint density at radius 2 is 1.69 bits per heavy atom. The number of rotatable bonds is 9. The molecule has 1 amide bonds. The highest BCUT2D eigenvalue weighted by Gasteiger charge is 2.20. The fraction of sp³-hybridized carbons (Fsp3) is 0.280. The van der Waals surface area contributed by atoms with Crippen LogP contribution in [0.5, 0.6) is 11.5 Å². The van der Waals surface area contributed by atoms with Gasteiger partial charge in [-0.2, -0.15) is 0 Å². The summed E-state index contributed by atoms with van der Waals surface area (Å²) in [6.45, 7) is 4.36. The van der Waals surface area contributed by atoms with E-state index in [4.69, 9.17) is 14.2 Å². The summed E-state index contributed by atoms with van der Waals surface area (Å²) in [5.41, 5.74) is 3.72. The number of carbonyl (C=O) groups is 2. The summed E-state index contributed by atoms with van der Waals surface area (Å²) < 4.78 is 17.7. The number of ether oxygens (including phenoxy) is 3. The number of hydrogen-bond donors (Lipinski definition) is 1. The van der Waals surface area contributed by atoms with Crippen LogP contribution in [0.15, 0.2) is 54.6 Å². The van der Waals surface area contributed by atoms with E-state index in [-0.39, 0.29) is 18.3 Å². The van der Waals surface area contributed by atoms with Crippen molar-refractivity contribution in [2.75, 3.05) is 26.1 Å². The molecular weight excluding hydrogens is 408 g/mol. The molecule has 7 heteroatoms. The van der Waals surface area contributed by atoms with E-state index in [9.17, 15) is 9.59 Å². The van der Waals surface area contributed by atoms with Gasteiger partial charge in [-0.05, 0) is 37.6 Å². The second kappa shape index (κ2) is 10.5. The Morgan fingerprint density at radius 3 is 2.34 bits per heavy atom. The van der Waals surface area contributed by atoms with Crippen LogP contribution in [0, 0.1) is 6.92 Å². The molecule has 1 heterocycles. The quantitative estimate of drug-likeness (QED) is 0.493. The molecule has 32 heavy (non-hydrogen) atoms. The largest absolute Gasteiger partial charge is 0.493 e. The van der Waals surface area contributed by atoms with Gasteiger partial charge in [-0.25, -0.2) is 4.79 Å². The van der Waals surface area contributed by atoms with Gasteiger partial charge in [-0.1, -0.05) is 30.3 Å². The highest BCUT2D eigenvalue weighted by molar-refractivity contribution is 5.93. The summed E-state index contributed by atoms with van der Waals surface area (Å²) in [6.07, 6.45) is 0.228. The van der Waals surface area contributed by atoms with E-state index in [1.807, 2.05) is 47.9 Å². The number of carbonyl (C=O) groups excluding carboxylic acids is 2. The van der Waals surface area contributed by atoms with E-state index in [2.05, 4.69) is 5.32 Å². The van der Waals surface area contributed by atoms with E-state index in [1.54, 1.807) is 39.3 Å². The molecule has 3 rings (SSSR count). The molecular formula is C25H28N2O5. The topological polar surface area (TPSA) is 78.8 Å².